The molecule has 0 atom stereocenters. The fourth-order valence-electron chi connectivity index (χ4n) is 4.09. The molecule has 5 nitrogen and oxygen atoms in total. The second-order valence-electron chi connectivity index (χ2n) is 7.55. The fraction of sp³-hybridized carbons (Fsp3) is 0.500. The number of allylic oxidation sites excluding steroid dienone is 4. The highest BCUT2D eigenvalue weighted by Crippen LogP contribution is 2.31. The summed E-state index contributed by atoms with van der Waals surface area (Å²) in [6, 6.07) is 2.27. The van der Waals surface area contributed by atoms with Crippen LogP contribution in [0.5, 0.6) is 0 Å². The van der Waals surface area contributed by atoms with Crippen LogP contribution in [0.3, 0.4) is 0 Å². The topological polar surface area (TPSA) is 66.2 Å². The number of rotatable bonds is 5. The number of aromatic nitrogens is 1. The van der Waals surface area contributed by atoms with Gasteiger partial charge in [0.15, 0.2) is 0 Å². The summed E-state index contributed by atoms with van der Waals surface area (Å²) in [6.45, 7) is 10.8. The van der Waals surface area contributed by atoms with Crippen molar-refractivity contribution in [2.24, 2.45) is 11.7 Å². The molecule has 4 N–H and O–H groups in total. The van der Waals surface area contributed by atoms with Crippen LogP contribution in [0.1, 0.15) is 56.9 Å². The molecule has 0 spiro atoms. The van der Waals surface area contributed by atoms with Crippen LogP contribution in [0.4, 0.5) is 0 Å². The Kier molecular flexibility index (Phi) is 6.09. The Morgan fingerprint density at radius 2 is 2.00 bits per heavy atom. The molecule has 0 amide bonds. The normalized spacial score (nSPS) is 18.9. The third kappa shape index (κ3) is 4.29. The third-order valence-electron chi connectivity index (χ3n) is 5.64. The first-order chi connectivity index (χ1) is 13.0. The number of nitrogens with two attached hydrogens (primary N) is 1. The summed E-state index contributed by atoms with van der Waals surface area (Å²) in [7, 11) is 0. The number of aryl methyl sites for hydroxylation is 2. The lowest BCUT2D eigenvalue weighted by Crippen LogP contribution is -2.42. The summed E-state index contributed by atoms with van der Waals surface area (Å²) in [4.78, 5) is 7.25. The van der Waals surface area contributed by atoms with E-state index in [1.807, 2.05) is 12.3 Å². The highest BCUT2D eigenvalue weighted by Gasteiger charge is 2.26. The molecule has 0 aliphatic carbocycles. The number of pyridine rings is 1. The summed E-state index contributed by atoms with van der Waals surface area (Å²) in [5.74, 6) is 1.22. The first-order valence-corrected chi connectivity index (χ1v) is 10.1. The molecule has 27 heavy (non-hydrogen) atoms. The van der Waals surface area contributed by atoms with E-state index in [2.05, 4.69) is 55.6 Å². The van der Waals surface area contributed by atoms with Crippen LogP contribution >= 0.6 is 0 Å². The molecule has 0 unspecified atom stereocenters. The molecule has 3 rings (SSSR count). The minimum Gasteiger partial charge on any atom is -0.384 e. The maximum absolute atomic E-state index is 5.84. The van der Waals surface area contributed by atoms with E-state index in [1.54, 1.807) is 0 Å². The lowest BCUT2D eigenvalue weighted by atomic mass is 9.90. The molecule has 0 bridgehead atoms. The SMILES string of the molecule is CC/C=C(/c1cc(CC)c(C)cn1)N1CCC(C2=C(C)C=C(N)NN2)CC1. The van der Waals surface area contributed by atoms with Gasteiger partial charge in [0.05, 0.1) is 11.4 Å². The van der Waals surface area contributed by atoms with Crippen LogP contribution in [0.2, 0.25) is 0 Å². The monoisotopic (exact) mass is 367 g/mol. The quantitative estimate of drug-likeness (QED) is 0.742. The predicted octanol–water partition coefficient (Wildman–Crippen LogP) is 3.60. The maximum atomic E-state index is 5.84. The molecule has 146 valence electrons. The van der Waals surface area contributed by atoms with Crippen molar-refractivity contribution in [2.45, 2.75) is 53.4 Å². The number of nitrogens with one attached hydrogen (secondary N) is 2. The van der Waals surface area contributed by atoms with Crippen molar-refractivity contribution in [1.82, 2.24) is 20.7 Å². The first kappa shape index (κ1) is 19.3. The number of hydrogen-bond donors (Lipinski definition) is 3. The summed E-state index contributed by atoms with van der Waals surface area (Å²) in [5.41, 5.74) is 19.8. The first-order valence-electron chi connectivity index (χ1n) is 10.1. The van der Waals surface area contributed by atoms with E-state index < -0.39 is 0 Å². The standard InChI is InChI=1S/C22H33N5/c1-5-7-20(19-13-17(6-2)16(4)14-24-19)27-10-8-18(9-11-27)22-15(3)12-21(23)25-26-22/h7,12-14,18,25-26H,5-6,8-11,23H2,1-4H3/b20-7-. The second kappa shape index (κ2) is 8.51. The maximum Gasteiger partial charge on any atom is 0.115 e. The number of piperidine rings is 1. The van der Waals surface area contributed by atoms with E-state index in [9.17, 15) is 0 Å². The molecule has 1 aromatic rings. The molecule has 3 heterocycles. The van der Waals surface area contributed by atoms with Crippen molar-refractivity contribution in [3.8, 4) is 0 Å². The van der Waals surface area contributed by atoms with E-state index in [0.717, 1.165) is 44.5 Å². The van der Waals surface area contributed by atoms with Crippen LogP contribution in [0, 0.1) is 12.8 Å². The summed E-state index contributed by atoms with van der Waals surface area (Å²) in [6.07, 6.45) is 10.7. The van der Waals surface area contributed by atoms with Gasteiger partial charge in [0.25, 0.3) is 0 Å². The number of hydrazine groups is 1. The zero-order valence-electron chi connectivity index (χ0n) is 17.1. The van der Waals surface area contributed by atoms with Crippen molar-refractivity contribution >= 4 is 5.70 Å². The summed E-state index contributed by atoms with van der Waals surface area (Å²) >= 11 is 0. The van der Waals surface area contributed by atoms with Crippen molar-refractivity contribution in [3.05, 3.63) is 58.3 Å². The molecule has 2 aliphatic heterocycles. The highest BCUT2D eigenvalue weighted by atomic mass is 15.4. The zero-order valence-corrected chi connectivity index (χ0v) is 17.1. The van der Waals surface area contributed by atoms with E-state index in [0.29, 0.717) is 11.7 Å². The molecule has 0 radical (unpaired) electrons. The minimum absolute atomic E-state index is 0.540. The molecule has 1 fully saturated rings. The summed E-state index contributed by atoms with van der Waals surface area (Å²) in [5, 5.41) is 0. The van der Waals surface area contributed by atoms with Gasteiger partial charge in [-0.1, -0.05) is 19.9 Å². The Bertz CT molecular complexity index is 767. The Morgan fingerprint density at radius 1 is 1.26 bits per heavy atom. The highest BCUT2D eigenvalue weighted by molar-refractivity contribution is 5.62. The van der Waals surface area contributed by atoms with Gasteiger partial charge in [0.2, 0.25) is 0 Å². The molecule has 5 heteroatoms. The van der Waals surface area contributed by atoms with Gasteiger partial charge in [-0.05, 0) is 68.4 Å². The number of nitrogens with zero attached hydrogens (tertiary/aromatic N) is 2. The van der Waals surface area contributed by atoms with Crippen LogP contribution in [0.25, 0.3) is 5.70 Å². The molecule has 1 saturated heterocycles. The van der Waals surface area contributed by atoms with Crippen molar-refractivity contribution in [1.29, 1.82) is 0 Å². The third-order valence-corrected chi connectivity index (χ3v) is 5.64. The van der Waals surface area contributed by atoms with Gasteiger partial charge < -0.3 is 16.1 Å². The molecule has 0 saturated carbocycles. The van der Waals surface area contributed by atoms with Gasteiger partial charge >= 0.3 is 0 Å². The minimum atomic E-state index is 0.540. The van der Waals surface area contributed by atoms with Gasteiger partial charge in [-0.3, -0.25) is 10.4 Å². The second-order valence-corrected chi connectivity index (χ2v) is 7.55. The Balaban J connectivity index is 1.75. The van der Waals surface area contributed by atoms with Crippen LogP contribution in [-0.2, 0) is 6.42 Å². The van der Waals surface area contributed by atoms with E-state index in [4.69, 9.17) is 10.7 Å². The average molecular weight is 368 g/mol. The average Bonchev–Trinajstić information content (AvgIpc) is 2.67. The predicted molar refractivity (Wildman–Crippen MR) is 112 cm³/mol. The zero-order chi connectivity index (χ0) is 19.4. The molecular weight excluding hydrogens is 334 g/mol. The summed E-state index contributed by atoms with van der Waals surface area (Å²) < 4.78 is 0. The van der Waals surface area contributed by atoms with Gasteiger partial charge in [-0.2, -0.15) is 0 Å². The molecular formula is C22H33N5. The lowest BCUT2D eigenvalue weighted by molar-refractivity contribution is 0.266. The molecule has 2 aliphatic rings. The lowest BCUT2D eigenvalue weighted by Gasteiger charge is -2.37. The Hall–Kier alpha value is -2.43. The van der Waals surface area contributed by atoms with Gasteiger partial charge in [-0.25, -0.2) is 0 Å². The van der Waals surface area contributed by atoms with Crippen LogP contribution in [0.15, 0.2) is 41.5 Å². The molecule has 0 aromatic carbocycles. The van der Waals surface area contributed by atoms with E-state index in [1.165, 1.54) is 28.1 Å². The fourth-order valence-corrected chi connectivity index (χ4v) is 4.09. The number of hydrogen-bond acceptors (Lipinski definition) is 5. The number of likely N-dealkylation sites (tertiary alicyclic amines) is 1. The van der Waals surface area contributed by atoms with Gasteiger partial charge in [0, 0.05) is 30.9 Å². The van der Waals surface area contributed by atoms with Crippen molar-refractivity contribution in [2.75, 3.05) is 13.1 Å². The van der Waals surface area contributed by atoms with E-state index in [-0.39, 0.29) is 0 Å². The Morgan fingerprint density at radius 3 is 2.63 bits per heavy atom. The van der Waals surface area contributed by atoms with Crippen LogP contribution < -0.4 is 16.6 Å². The van der Waals surface area contributed by atoms with Crippen molar-refractivity contribution in [3.63, 3.8) is 0 Å². The Labute approximate surface area is 163 Å². The van der Waals surface area contributed by atoms with Gasteiger partial charge in [0.1, 0.15) is 5.82 Å². The largest absolute Gasteiger partial charge is 0.384 e. The smallest absolute Gasteiger partial charge is 0.115 e. The van der Waals surface area contributed by atoms with Crippen molar-refractivity contribution < 1.29 is 0 Å². The molecule has 1 aromatic heterocycles. The van der Waals surface area contributed by atoms with E-state index >= 15 is 0 Å². The van der Waals surface area contributed by atoms with Crippen LogP contribution in [-0.4, -0.2) is 23.0 Å². The van der Waals surface area contributed by atoms with Gasteiger partial charge in [-0.15, -0.1) is 0 Å².